The Bertz CT molecular complexity index is 1560. The molecule has 0 unspecified atom stereocenters. The van der Waals surface area contributed by atoms with Gasteiger partial charge in [-0.25, -0.2) is 9.97 Å². The zero-order valence-electron chi connectivity index (χ0n) is 19.2. The highest BCUT2D eigenvalue weighted by atomic mass is 32.1. The van der Waals surface area contributed by atoms with E-state index in [-0.39, 0.29) is 11.8 Å². The fourth-order valence-corrected chi connectivity index (χ4v) is 4.60. The van der Waals surface area contributed by atoms with Gasteiger partial charge in [-0.05, 0) is 54.6 Å². The van der Waals surface area contributed by atoms with Gasteiger partial charge in [-0.2, -0.15) is 0 Å². The molecule has 0 saturated heterocycles. The lowest BCUT2D eigenvalue weighted by atomic mass is 10.0. The van der Waals surface area contributed by atoms with Crippen molar-refractivity contribution in [3.05, 3.63) is 78.4 Å². The fraction of sp³-hybridized carbons (Fsp3) is 0.111. The number of fused-ring (bicyclic) bond motifs is 2. The van der Waals surface area contributed by atoms with Crippen molar-refractivity contribution in [3.63, 3.8) is 0 Å². The maximum Gasteiger partial charge on any atom is 0.256 e. The third kappa shape index (κ3) is 4.69. The first-order valence-electron chi connectivity index (χ1n) is 11.1. The average molecular weight is 483 g/mol. The Hall–Kier alpha value is -4.30. The number of ether oxygens (including phenoxy) is 1. The van der Waals surface area contributed by atoms with Crippen LogP contribution in [-0.4, -0.2) is 28.9 Å². The highest BCUT2D eigenvalue weighted by Crippen LogP contribution is 2.30. The Morgan fingerprint density at radius 3 is 2.49 bits per heavy atom. The van der Waals surface area contributed by atoms with E-state index in [9.17, 15) is 9.59 Å². The van der Waals surface area contributed by atoms with Crippen molar-refractivity contribution in [2.24, 2.45) is 0 Å². The van der Waals surface area contributed by atoms with Gasteiger partial charge < -0.3 is 15.4 Å². The Labute approximate surface area is 205 Å². The van der Waals surface area contributed by atoms with Gasteiger partial charge in [0.25, 0.3) is 5.91 Å². The van der Waals surface area contributed by atoms with Gasteiger partial charge in [0, 0.05) is 23.1 Å². The summed E-state index contributed by atoms with van der Waals surface area (Å²) in [6.45, 7) is 1.79. The van der Waals surface area contributed by atoms with Crippen LogP contribution in [0, 0.1) is 0 Å². The molecule has 5 aromatic rings. The molecular weight excluding hydrogens is 460 g/mol. The number of nitrogens with zero attached hydrogens (tertiary/aromatic N) is 2. The van der Waals surface area contributed by atoms with Crippen LogP contribution >= 0.6 is 11.3 Å². The topological polar surface area (TPSA) is 93.2 Å². The summed E-state index contributed by atoms with van der Waals surface area (Å²) < 4.78 is 6.17. The second-order valence-corrected chi connectivity index (χ2v) is 8.89. The van der Waals surface area contributed by atoms with Crippen LogP contribution in [0.5, 0.6) is 5.75 Å². The minimum absolute atomic E-state index is 0.0881. The van der Waals surface area contributed by atoms with Gasteiger partial charge >= 0.3 is 0 Å². The Morgan fingerprint density at radius 1 is 0.914 bits per heavy atom. The number of amides is 2. The van der Waals surface area contributed by atoms with E-state index >= 15 is 0 Å². The minimum Gasteiger partial charge on any atom is -0.497 e. The predicted octanol–water partition coefficient (Wildman–Crippen LogP) is 6.12. The second-order valence-electron chi connectivity index (χ2n) is 7.86. The third-order valence-corrected chi connectivity index (χ3v) is 6.51. The molecule has 174 valence electrons. The van der Waals surface area contributed by atoms with E-state index in [1.54, 1.807) is 26.2 Å². The molecule has 0 bridgehead atoms. The molecule has 0 spiro atoms. The lowest BCUT2D eigenvalue weighted by Gasteiger charge is -2.11. The van der Waals surface area contributed by atoms with E-state index < -0.39 is 0 Å². The number of benzene rings is 3. The Kier molecular flexibility index (Phi) is 6.12. The molecule has 0 aliphatic rings. The standard InChI is InChI=1S/C27H22N4O3S/c1-3-25(32)31-27-30-23-14-17(10-13-24(23)35-27)28-26(33)20-15-22(16-8-11-18(34-2)12-9-16)29-21-7-5-4-6-19(20)21/h4-15H,3H2,1-2H3,(H,28,33)(H,30,31,32). The first kappa shape index (κ1) is 22.5. The molecule has 5 rings (SSSR count). The zero-order valence-corrected chi connectivity index (χ0v) is 20.0. The number of hydrogen-bond donors (Lipinski definition) is 2. The number of anilines is 2. The summed E-state index contributed by atoms with van der Waals surface area (Å²) in [5.74, 6) is 0.421. The number of thiazole rings is 1. The monoisotopic (exact) mass is 482 g/mol. The molecule has 2 heterocycles. The van der Waals surface area contributed by atoms with Gasteiger partial charge in [0.1, 0.15) is 5.75 Å². The number of para-hydroxylation sites is 1. The van der Waals surface area contributed by atoms with Crippen LogP contribution in [0.2, 0.25) is 0 Å². The summed E-state index contributed by atoms with van der Waals surface area (Å²) in [5, 5.41) is 7.08. The Balaban J connectivity index is 1.48. The summed E-state index contributed by atoms with van der Waals surface area (Å²) in [5.41, 5.74) is 4.16. The van der Waals surface area contributed by atoms with Gasteiger partial charge in [-0.1, -0.05) is 36.5 Å². The van der Waals surface area contributed by atoms with E-state index in [0.29, 0.717) is 34.0 Å². The maximum atomic E-state index is 13.4. The van der Waals surface area contributed by atoms with E-state index in [1.807, 2.05) is 60.7 Å². The third-order valence-electron chi connectivity index (χ3n) is 5.56. The van der Waals surface area contributed by atoms with Crippen molar-refractivity contribution in [1.82, 2.24) is 9.97 Å². The van der Waals surface area contributed by atoms with Crippen LogP contribution in [0.25, 0.3) is 32.4 Å². The fourth-order valence-electron chi connectivity index (χ4n) is 3.74. The molecule has 0 saturated carbocycles. The molecule has 35 heavy (non-hydrogen) atoms. The predicted molar refractivity (Wildman–Crippen MR) is 140 cm³/mol. The molecule has 2 aromatic heterocycles. The van der Waals surface area contributed by atoms with Crippen molar-refractivity contribution in [2.75, 3.05) is 17.7 Å². The molecule has 2 N–H and O–H groups in total. The molecule has 8 heteroatoms. The van der Waals surface area contributed by atoms with E-state index in [2.05, 4.69) is 15.6 Å². The molecule has 2 amide bonds. The van der Waals surface area contributed by atoms with Crippen LogP contribution in [0.3, 0.4) is 0 Å². The van der Waals surface area contributed by atoms with E-state index in [1.165, 1.54) is 11.3 Å². The van der Waals surface area contributed by atoms with Gasteiger partial charge in [-0.3, -0.25) is 9.59 Å². The first-order chi connectivity index (χ1) is 17.0. The summed E-state index contributed by atoms with van der Waals surface area (Å²) in [6.07, 6.45) is 0.385. The van der Waals surface area contributed by atoms with Crippen molar-refractivity contribution in [2.45, 2.75) is 13.3 Å². The van der Waals surface area contributed by atoms with Crippen molar-refractivity contribution < 1.29 is 14.3 Å². The van der Waals surface area contributed by atoms with Gasteiger partial charge in [-0.15, -0.1) is 0 Å². The minimum atomic E-state index is -0.243. The van der Waals surface area contributed by atoms with Crippen LogP contribution in [0.1, 0.15) is 23.7 Å². The summed E-state index contributed by atoms with van der Waals surface area (Å²) in [7, 11) is 1.62. The van der Waals surface area contributed by atoms with Crippen LogP contribution in [0.4, 0.5) is 10.8 Å². The van der Waals surface area contributed by atoms with Crippen molar-refractivity contribution in [1.29, 1.82) is 0 Å². The normalized spacial score (nSPS) is 10.9. The molecule has 0 fully saturated rings. The molecule has 0 aliphatic heterocycles. The summed E-state index contributed by atoms with van der Waals surface area (Å²) >= 11 is 1.40. The first-order valence-corrected chi connectivity index (χ1v) is 11.9. The van der Waals surface area contributed by atoms with E-state index in [4.69, 9.17) is 9.72 Å². The van der Waals surface area contributed by atoms with Gasteiger partial charge in [0.15, 0.2) is 5.13 Å². The molecule has 0 aliphatic carbocycles. The molecule has 3 aromatic carbocycles. The summed E-state index contributed by atoms with van der Waals surface area (Å²) in [4.78, 5) is 34.3. The van der Waals surface area contributed by atoms with Gasteiger partial charge in [0.05, 0.1) is 34.1 Å². The largest absolute Gasteiger partial charge is 0.497 e. The number of methoxy groups -OCH3 is 1. The molecule has 0 radical (unpaired) electrons. The average Bonchev–Trinajstić information content (AvgIpc) is 3.29. The smallest absolute Gasteiger partial charge is 0.256 e. The number of carbonyl (C=O) groups is 2. The lowest BCUT2D eigenvalue weighted by molar-refractivity contribution is -0.115. The number of rotatable bonds is 6. The molecule has 7 nitrogen and oxygen atoms in total. The van der Waals surface area contributed by atoms with Crippen LogP contribution in [-0.2, 0) is 4.79 Å². The zero-order chi connectivity index (χ0) is 24.4. The lowest BCUT2D eigenvalue weighted by Crippen LogP contribution is -2.13. The van der Waals surface area contributed by atoms with Gasteiger partial charge in [0.2, 0.25) is 5.91 Å². The molecule has 0 atom stereocenters. The van der Waals surface area contributed by atoms with Crippen LogP contribution in [0.15, 0.2) is 72.8 Å². The van der Waals surface area contributed by atoms with E-state index in [0.717, 1.165) is 26.9 Å². The van der Waals surface area contributed by atoms with Crippen molar-refractivity contribution in [3.8, 4) is 17.0 Å². The quantitative estimate of drug-likeness (QED) is 0.304. The number of hydrogen-bond acceptors (Lipinski definition) is 6. The van der Waals surface area contributed by atoms with Crippen LogP contribution < -0.4 is 15.4 Å². The SMILES string of the molecule is CCC(=O)Nc1nc2cc(NC(=O)c3cc(-c4ccc(OC)cc4)nc4ccccc34)ccc2s1. The number of nitrogens with one attached hydrogen (secondary N) is 2. The number of aromatic nitrogens is 2. The second kappa shape index (κ2) is 9.52. The summed E-state index contributed by atoms with van der Waals surface area (Å²) in [6, 6.07) is 22.5. The Morgan fingerprint density at radius 2 is 1.71 bits per heavy atom. The number of pyridine rings is 1. The highest BCUT2D eigenvalue weighted by molar-refractivity contribution is 7.22. The van der Waals surface area contributed by atoms with Crippen molar-refractivity contribution >= 4 is 55.1 Å². The number of carbonyl (C=O) groups excluding carboxylic acids is 2. The maximum absolute atomic E-state index is 13.4. The molecular formula is C27H22N4O3S. The highest BCUT2D eigenvalue weighted by Gasteiger charge is 2.15.